The van der Waals surface area contributed by atoms with Crippen molar-refractivity contribution >= 4 is 0 Å². The van der Waals surface area contributed by atoms with E-state index in [-0.39, 0.29) is 0 Å². The first-order valence-corrected chi connectivity index (χ1v) is 3.26. The van der Waals surface area contributed by atoms with Crippen LogP contribution in [0.3, 0.4) is 0 Å². The molecule has 0 saturated heterocycles. The minimum Gasteiger partial charge on any atom is -0.381 e. The van der Waals surface area contributed by atoms with Gasteiger partial charge in [-0.1, -0.05) is 12.2 Å². The highest BCUT2D eigenvalue weighted by molar-refractivity contribution is 5.21. The standard InChI is InChI=1S/C7H9NO3/c1-7(8(10)11)5-3-2-4-6(7)9/h2-6,9H,1H3/t6-,7-/m1/s1. The first kappa shape index (κ1) is 7.94. The van der Waals surface area contributed by atoms with Gasteiger partial charge in [0.15, 0.2) is 0 Å². The first-order chi connectivity index (χ1) is 5.07. The second-order valence-electron chi connectivity index (χ2n) is 2.67. The Morgan fingerprint density at radius 2 is 2.27 bits per heavy atom. The molecule has 0 spiro atoms. The minimum atomic E-state index is -1.35. The molecule has 1 aliphatic carbocycles. The van der Waals surface area contributed by atoms with E-state index in [9.17, 15) is 15.2 Å². The molecular weight excluding hydrogens is 146 g/mol. The second kappa shape index (κ2) is 2.47. The van der Waals surface area contributed by atoms with Crippen molar-refractivity contribution in [3.63, 3.8) is 0 Å². The second-order valence-corrected chi connectivity index (χ2v) is 2.67. The first-order valence-electron chi connectivity index (χ1n) is 3.26. The van der Waals surface area contributed by atoms with Crippen LogP contribution in [0.25, 0.3) is 0 Å². The Morgan fingerprint density at radius 3 is 2.64 bits per heavy atom. The molecule has 0 unspecified atom stereocenters. The van der Waals surface area contributed by atoms with Gasteiger partial charge in [-0.25, -0.2) is 0 Å². The molecule has 0 heterocycles. The van der Waals surface area contributed by atoms with Crippen LogP contribution in [0, 0.1) is 10.1 Å². The lowest BCUT2D eigenvalue weighted by molar-refractivity contribution is -0.560. The molecule has 0 amide bonds. The van der Waals surface area contributed by atoms with E-state index in [0.717, 1.165) is 0 Å². The summed E-state index contributed by atoms with van der Waals surface area (Å²) in [7, 11) is 0. The molecule has 0 aromatic carbocycles. The Kier molecular flexibility index (Phi) is 1.78. The number of nitro groups is 1. The molecule has 4 heteroatoms. The van der Waals surface area contributed by atoms with Gasteiger partial charge >= 0.3 is 0 Å². The number of nitrogens with zero attached hydrogens (tertiary/aromatic N) is 1. The van der Waals surface area contributed by atoms with E-state index < -0.39 is 16.6 Å². The number of aliphatic hydroxyl groups excluding tert-OH is 1. The normalized spacial score (nSPS) is 35.6. The smallest absolute Gasteiger partial charge is 0.266 e. The van der Waals surface area contributed by atoms with Crippen LogP contribution in [0.15, 0.2) is 24.3 Å². The Balaban J connectivity index is 2.94. The van der Waals surface area contributed by atoms with Gasteiger partial charge in [0.2, 0.25) is 0 Å². The highest BCUT2D eigenvalue weighted by Gasteiger charge is 2.42. The van der Waals surface area contributed by atoms with Gasteiger partial charge < -0.3 is 5.11 Å². The number of hydrogen-bond donors (Lipinski definition) is 1. The van der Waals surface area contributed by atoms with Crippen molar-refractivity contribution in [2.75, 3.05) is 0 Å². The largest absolute Gasteiger partial charge is 0.381 e. The van der Waals surface area contributed by atoms with Gasteiger partial charge in [0.1, 0.15) is 6.10 Å². The topological polar surface area (TPSA) is 63.4 Å². The summed E-state index contributed by atoms with van der Waals surface area (Å²) >= 11 is 0. The van der Waals surface area contributed by atoms with Gasteiger partial charge in [-0.3, -0.25) is 10.1 Å². The molecule has 0 bridgehead atoms. The zero-order chi connectivity index (χ0) is 8.48. The van der Waals surface area contributed by atoms with Gasteiger partial charge in [-0.2, -0.15) is 0 Å². The Hall–Kier alpha value is -1.16. The molecule has 1 aliphatic rings. The third-order valence-corrected chi connectivity index (χ3v) is 1.83. The van der Waals surface area contributed by atoms with Gasteiger partial charge in [0.25, 0.3) is 5.54 Å². The van der Waals surface area contributed by atoms with Crippen LogP contribution >= 0.6 is 0 Å². The van der Waals surface area contributed by atoms with Crippen molar-refractivity contribution in [1.82, 2.24) is 0 Å². The summed E-state index contributed by atoms with van der Waals surface area (Å²) in [6.07, 6.45) is 4.92. The lowest BCUT2D eigenvalue weighted by Gasteiger charge is -2.22. The minimum absolute atomic E-state index is 0.488. The van der Waals surface area contributed by atoms with Crippen molar-refractivity contribution < 1.29 is 10.0 Å². The van der Waals surface area contributed by atoms with Gasteiger partial charge in [0, 0.05) is 11.8 Å². The molecule has 0 saturated carbocycles. The Bertz CT molecular complexity index is 234. The predicted molar refractivity (Wildman–Crippen MR) is 39.7 cm³/mol. The van der Waals surface area contributed by atoms with E-state index in [0.29, 0.717) is 0 Å². The van der Waals surface area contributed by atoms with Crippen LogP contribution in [0.2, 0.25) is 0 Å². The SMILES string of the molecule is C[C@@]1([N+](=O)[O-])C=CC=C[C@H]1O. The predicted octanol–water partition coefficient (Wildman–Crippen LogP) is 0.509. The van der Waals surface area contributed by atoms with Gasteiger partial charge in [-0.15, -0.1) is 0 Å². The summed E-state index contributed by atoms with van der Waals surface area (Å²) in [4.78, 5) is 9.96. The maximum Gasteiger partial charge on any atom is 0.266 e. The van der Waals surface area contributed by atoms with Crippen molar-refractivity contribution in [2.45, 2.75) is 18.6 Å². The highest BCUT2D eigenvalue weighted by Crippen LogP contribution is 2.20. The fourth-order valence-corrected chi connectivity index (χ4v) is 0.882. The molecule has 0 aromatic rings. The van der Waals surface area contributed by atoms with E-state index in [4.69, 9.17) is 0 Å². The molecule has 60 valence electrons. The summed E-state index contributed by atoms with van der Waals surface area (Å²) in [5.74, 6) is 0. The van der Waals surface area contributed by atoms with Crippen LogP contribution in [-0.4, -0.2) is 21.7 Å². The van der Waals surface area contributed by atoms with Crippen molar-refractivity contribution in [2.24, 2.45) is 0 Å². The fourth-order valence-electron chi connectivity index (χ4n) is 0.882. The summed E-state index contributed by atoms with van der Waals surface area (Å²) in [6, 6.07) is 0. The zero-order valence-electron chi connectivity index (χ0n) is 6.10. The molecular formula is C7H9NO3. The molecule has 0 aromatic heterocycles. The van der Waals surface area contributed by atoms with E-state index in [2.05, 4.69) is 0 Å². The number of hydrogen-bond acceptors (Lipinski definition) is 3. The third-order valence-electron chi connectivity index (χ3n) is 1.83. The van der Waals surface area contributed by atoms with E-state index in [1.165, 1.54) is 19.1 Å². The molecule has 0 fully saturated rings. The van der Waals surface area contributed by atoms with Crippen LogP contribution in [0.4, 0.5) is 0 Å². The van der Waals surface area contributed by atoms with Gasteiger partial charge in [0.05, 0.1) is 0 Å². The van der Waals surface area contributed by atoms with Crippen molar-refractivity contribution in [3.8, 4) is 0 Å². The Morgan fingerprint density at radius 1 is 1.64 bits per heavy atom. The highest BCUT2D eigenvalue weighted by atomic mass is 16.6. The summed E-state index contributed by atoms with van der Waals surface area (Å²) in [6.45, 7) is 1.39. The van der Waals surface area contributed by atoms with Crippen molar-refractivity contribution in [3.05, 3.63) is 34.4 Å². The van der Waals surface area contributed by atoms with Crippen LogP contribution in [0.5, 0.6) is 0 Å². The van der Waals surface area contributed by atoms with E-state index in [1.54, 1.807) is 12.2 Å². The van der Waals surface area contributed by atoms with Crippen LogP contribution in [-0.2, 0) is 0 Å². The van der Waals surface area contributed by atoms with E-state index >= 15 is 0 Å². The van der Waals surface area contributed by atoms with Crippen LogP contribution in [0.1, 0.15) is 6.92 Å². The van der Waals surface area contributed by atoms with E-state index in [1.807, 2.05) is 0 Å². The van der Waals surface area contributed by atoms with Gasteiger partial charge in [-0.05, 0) is 12.2 Å². The Labute approximate surface area is 64.0 Å². The molecule has 0 aliphatic heterocycles. The molecule has 1 rings (SSSR count). The average molecular weight is 155 g/mol. The molecule has 11 heavy (non-hydrogen) atoms. The summed E-state index contributed by atoms with van der Waals surface area (Å²) in [5, 5.41) is 19.7. The maximum absolute atomic E-state index is 10.4. The molecule has 2 atom stereocenters. The summed E-state index contributed by atoms with van der Waals surface area (Å²) < 4.78 is 0. The number of allylic oxidation sites excluding steroid dienone is 2. The lowest BCUT2D eigenvalue weighted by Crippen LogP contribution is -2.44. The maximum atomic E-state index is 10.4. The zero-order valence-corrected chi connectivity index (χ0v) is 6.10. The molecule has 0 radical (unpaired) electrons. The van der Waals surface area contributed by atoms with Crippen molar-refractivity contribution in [1.29, 1.82) is 0 Å². The summed E-state index contributed by atoms with van der Waals surface area (Å²) in [5.41, 5.74) is -1.35. The molecule has 4 nitrogen and oxygen atoms in total. The monoisotopic (exact) mass is 155 g/mol. The third kappa shape index (κ3) is 1.17. The lowest BCUT2D eigenvalue weighted by atomic mass is 9.91. The fraction of sp³-hybridized carbons (Fsp3) is 0.429. The number of aliphatic hydroxyl groups is 1. The average Bonchev–Trinajstić information content (AvgIpc) is 1.95. The number of rotatable bonds is 1. The van der Waals surface area contributed by atoms with Crippen LogP contribution < -0.4 is 0 Å². The quantitative estimate of drug-likeness (QED) is 0.443. The molecule has 1 N–H and O–H groups in total.